The Labute approximate surface area is 133 Å². The van der Waals surface area contributed by atoms with Crippen LogP contribution in [0.4, 0.5) is 5.69 Å². The fraction of sp³-hybridized carbons (Fsp3) is 0.562. The Hall–Kier alpha value is -0.910. The zero-order chi connectivity index (χ0) is 14.9. The number of halogens is 1. The summed E-state index contributed by atoms with van der Waals surface area (Å²) in [6.45, 7) is 3.83. The van der Waals surface area contributed by atoms with Gasteiger partial charge in [0.05, 0.1) is 18.9 Å². The number of rotatable bonds is 5. The van der Waals surface area contributed by atoms with Crippen molar-refractivity contribution in [1.29, 1.82) is 0 Å². The third kappa shape index (κ3) is 2.51. The van der Waals surface area contributed by atoms with Gasteiger partial charge < -0.3 is 14.4 Å². The van der Waals surface area contributed by atoms with Gasteiger partial charge in [0.1, 0.15) is 0 Å². The highest BCUT2D eigenvalue weighted by atomic mass is 79.9. The van der Waals surface area contributed by atoms with Crippen molar-refractivity contribution in [3.8, 4) is 0 Å². The van der Waals surface area contributed by atoms with Crippen LogP contribution in [0.5, 0.6) is 0 Å². The first-order chi connectivity index (χ1) is 10.2. The fourth-order valence-electron chi connectivity index (χ4n) is 3.02. The second kappa shape index (κ2) is 6.07. The van der Waals surface area contributed by atoms with Gasteiger partial charge in [-0.1, -0.05) is 42.1 Å². The van der Waals surface area contributed by atoms with Gasteiger partial charge in [0.15, 0.2) is 0 Å². The zero-order valence-electron chi connectivity index (χ0n) is 12.2. The average molecular weight is 354 g/mol. The van der Waals surface area contributed by atoms with Crippen LogP contribution in [0.15, 0.2) is 22.7 Å². The molecule has 2 aliphatic heterocycles. The third-order valence-corrected chi connectivity index (χ3v) is 4.55. The van der Waals surface area contributed by atoms with Gasteiger partial charge in [-0.25, -0.2) is 0 Å². The summed E-state index contributed by atoms with van der Waals surface area (Å²) >= 11 is 3.47. The molecule has 2 heterocycles. The molecule has 1 fully saturated rings. The smallest absolute Gasteiger partial charge is 0.292 e. The minimum absolute atomic E-state index is 0.0791. The minimum atomic E-state index is -1.20. The highest BCUT2D eigenvalue weighted by Gasteiger charge is 2.55. The summed E-state index contributed by atoms with van der Waals surface area (Å²) in [6, 6.07) is 5.86. The number of nitrogens with zero attached hydrogens (tertiary/aromatic N) is 1. The van der Waals surface area contributed by atoms with E-state index < -0.39 is 5.79 Å². The van der Waals surface area contributed by atoms with Gasteiger partial charge in [-0.15, -0.1) is 0 Å². The molecule has 0 bridgehead atoms. The summed E-state index contributed by atoms with van der Waals surface area (Å²) in [4.78, 5) is 14.6. The van der Waals surface area contributed by atoms with E-state index in [0.29, 0.717) is 13.2 Å². The largest absolute Gasteiger partial charge is 0.336 e. The summed E-state index contributed by atoms with van der Waals surface area (Å²) in [5, 5.41) is 0. The second-order valence-electron chi connectivity index (χ2n) is 5.49. The third-order valence-electron chi connectivity index (χ3n) is 4.06. The molecule has 0 atom stereocenters. The molecule has 1 aromatic rings. The molecule has 1 amide bonds. The number of carbonyl (C=O) groups is 1. The normalized spacial score (nSPS) is 19.5. The topological polar surface area (TPSA) is 38.8 Å². The first kappa shape index (κ1) is 15.0. The van der Waals surface area contributed by atoms with Gasteiger partial charge in [0.2, 0.25) is 0 Å². The van der Waals surface area contributed by atoms with E-state index in [2.05, 4.69) is 22.9 Å². The van der Waals surface area contributed by atoms with Gasteiger partial charge in [-0.3, -0.25) is 4.79 Å². The lowest BCUT2D eigenvalue weighted by atomic mass is 10.1. The Morgan fingerprint density at radius 3 is 2.71 bits per heavy atom. The Bertz CT molecular complexity index is 540. The Morgan fingerprint density at radius 2 is 2.00 bits per heavy atom. The van der Waals surface area contributed by atoms with Crippen LogP contribution < -0.4 is 4.90 Å². The summed E-state index contributed by atoms with van der Waals surface area (Å²) in [7, 11) is 0. The minimum Gasteiger partial charge on any atom is -0.336 e. The van der Waals surface area contributed by atoms with Crippen molar-refractivity contribution in [2.45, 2.75) is 38.4 Å². The molecule has 3 rings (SSSR count). The van der Waals surface area contributed by atoms with E-state index in [0.717, 1.165) is 35.1 Å². The van der Waals surface area contributed by atoms with Crippen LogP contribution in [-0.2, 0) is 20.1 Å². The molecule has 1 spiro atoms. The zero-order valence-corrected chi connectivity index (χ0v) is 13.8. The van der Waals surface area contributed by atoms with E-state index in [1.807, 2.05) is 23.1 Å². The number of hydrogen-bond acceptors (Lipinski definition) is 3. The van der Waals surface area contributed by atoms with Crippen LogP contribution in [0.3, 0.4) is 0 Å². The maximum atomic E-state index is 12.8. The molecule has 0 aromatic heterocycles. The van der Waals surface area contributed by atoms with E-state index in [4.69, 9.17) is 9.47 Å². The lowest BCUT2D eigenvalue weighted by Gasteiger charge is -2.22. The van der Waals surface area contributed by atoms with Gasteiger partial charge >= 0.3 is 0 Å². The van der Waals surface area contributed by atoms with Crippen LogP contribution in [0.25, 0.3) is 0 Å². The summed E-state index contributed by atoms with van der Waals surface area (Å²) < 4.78 is 12.4. The molecular formula is C16H20BrNO3. The van der Waals surface area contributed by atoms with Crippen LogP contribution in [0.2, 0.25) is 0 Å². The second-order valence-corrected chi connectivity index (χ2v) is 6.41. The molecule has 2 aliphatic rings. The highest BCUT2D eigenvalue weighted by Crippen LogP contribution is 2.46. The Morgan fingerprint density at radius 1 is 1.24 bits per heavy atom. The Balaban J connectivity index is 1.88. The summed E-state index contributed by atoms with van der Waals surface area (Å²) in [5.41, 5.74) is 1.75. The predicted octanol–water partition coefficient (Wildman–Crippen LogP) is 3.58. The van der Waals surface area contributed by atoms with Crippen molar-refractivity contribution >= 4 is 27.5 Å². The SMILES string of the molecule is CCCCCCN1C(=O)C2(OCCO2)c2cc(Br)ccc21. The monoisotopic (exact) mass is 353 g/mol. The van der Waals surface area contributed by atoms with Crippen molar-refractivity contribution < 1.29 is 14.3 Å². The quantitative estimate of drug-likeness (QED) is 0.759. The van der Waals surface area contributed by atoms with Crippen LogP contribution >= 0.6 is 15.9 Å². The van der Waals surface area contributed by atoms with Crippen molar-refractivity contribution in [2.24, 2.45) is 0 Å². The molecule has 0 N–H and O–H groups in total. The van der Waals surface area contributed by atoms with Crippen molar-refractivity contribution in [3.63, 3.8) is 0 Å². The lowest BCUT2D eigenvalue weighted by molar-refractivity contribution is -0.180. The molecule has 1 aromatic carbocycles. The number of fused-ring (bicyclic) bond motifs is 2. The van der Waals surface area contributed by atoms with Crippen LogP contribution in [-0.4, -0.2) is 25.7 Å². The molecule has 0 saturated carbocycles. The van der Waals surface area contributed by atoms with Gasteiger partial charge in [0.25, 0.3) is 11.7 Å². The molecular weight excluding hydrogens is 334 g/mol. The number of hydrogen-bond donors (Lipinski definition) is 0. The number of carbonyl (C=O) groups excluding carboxylic acids is 1. The van der Waals surface area contributed by atoms with Gasteiger partial charge in [-0.2, -0.15) is 0 Å². The Kier molecular flexibility index (Phi) is 4.33. The van der Waals surface area contributed by atoms with E-state index in [9.17, 15) is 4.79 Å². The molecule has 1 saturated heterocycles. The first-order valence-corrected chi connectivity index (χ1v) is 8.38. The number of benzene rings is 1. The van der Waals surface area contributed by atoms with Crippen molar-refractivity contribution in [3.05, 3.63) is 28.2 Å². The lowest BCUT2D eigenvalue weighted by Crippen LogP contribution is -2.41. The fourth-order valence-corrected chi connectivity index (χ4v) is 3.38. The van der Waals surface area contributed by atoms with E-state index in [-0.39, 0.29) is 5.91 Å². The molecule has 114 valence electrons. The highest BCUT2D eigenvalue weighted by molar-refractivity contribution is 9.10. The van der Waals surface area contributed by atoms with Crippen molar-refractivity contribution in [2.75, 3.05) is 24.7 Å². The average Bonchev–Trinajstić information content (AvgIpc) is 3.05. The van der Waals surface area contributed by atoms with Crippen molar-refractivity contribution in [1.82, 2.24) is 0 Å². The predicted molar refractivity (Wildman–Crippen MR) is 84.2 cm³/mol. The van der Waals surface area contributed by atoms with E-state index in [1.165, 1.54) is 12.8 Å². The number of unbranched alkanes of at least 4 members (excludes halogenated alkanes) is 3. The maximum absolute atomic E-state index is 12.8. The molecule has 0 aliphatic carbocycles. The summed E-state index contributed by atoms with van der Waals surface area (Å²) in [6.07, 6.45) is 4.53. The summed E-state index contributed by atoms with van der Waals surface area (Å²) in [5.74, 6) is -1.28. The van der Waals surface area contributed by atoms with Crippen LogP contribution in [0.1, 0.15) is 38.2 Å². The molecule has 0 radical (unpaired) electrons. The van der Waals surface area contributed by atoms with Crippen LogP contribution in [0, 0.1) is 0 Å². The standard InChI is InChI=1S/C16H20BrNO3/c1-2-3-4-5-8-18-14-7-6-12(17)11-13(14)16(15(18)19)20-9-10-21-16/h6-7,11H,2-5,8-10H2,1H3. The molecule has 21 heavy (non-hydrogen) atoms. The molecule has 5 heteroatoms. The number of ether oxygens (including phenoxy) is 2. The van der Waals surface area contributed by atoms with Gasteiger partial charge in [-0.05, 0) is 24.6 Å². The van der Waals surface area contributed by atoms with Gasteiger partial charge in [0, 0.05) is 16.6 Å². The number of anilines is 1. The van der Waals surface area contributed by atoms with E-state index in [1.54, 1.807) is 0 Å². The molecule has 0 unspecified atom stereocenters. The molecule has 4 nitrogen and oxygen atoms in total. The van der Waals surface area contributed by atoms with E-state index >= 15 is 0 Å². The maximum Gasteiger partial charge on any atom is 0.292 e. The number of amides is 1. The first-order valence-electron chi connectivity index (χ1n) is 7.59.